The molecule has 0 bridgehead atoms. The maximum atomic E-state index is 12.1. The van der Waals surface area contributed by atoms with Crippen molar-refractivity contribution in [3.8, 4) is 0 Å². The molecule has 1 aliphatic heterocycles. The van der Waals surface area contributed by atoms with E-state index in [9.17, 15) is 8.42 Å². The number of imidazole rings is 1. The first-order valence-electron chi connectivity index (χ1n) is 4.83. The number of sulfonamides is 1. The Kier molecular flexibility index (Phi) is 4.31. The molecule has 2 N–H and O–H groups in total. The van der Waals surface area contributed by atoms with E-state index in [0.29, 0.717) is 19.6 Å². The predicted molar refractivity (Wildman–Crippen MR) is 62.1 cm³/mol. The smallest absolute Gasteiger partial charge is 0.260 e. The van der Waals surface area contributed by atoms with E-state index in [4.69, 9.17) is 0 Å². The number of hydrogen-bond donors (Lipinski definition) is 2. The second-order valence-electron chi connectivity index (χ2n) is 3.58. The Morgan fingerprint density at radius 2 is 2.31 bits per heavy atom. The van der Waals surface area contributed by atoms with Gasteiger partial charge in [-0.2, -0.15) is 4.31 Å². The van der Waals surface area contributed by atoms with Crippen molar-refractivity contribution in [3.05, 3.63) is 12.5 Å². The minimum absolute atomic E-state index is 0. The molecule has 1 aromatic rings. The summed E-state index contributed by atoms with van der Waals surface area (Å²) in [4.78, 5) is 6.37. The van der Waals surface area contributed by atoms with Crippen molar-refractivity contribution in [2.24, 2.45) is 0 Å². The molecule has 2 heterocycles. The van der Waals surface area contributed by atoms with E-state index in [-0.39, 0.29) is 23.5 Å². The van der Waals surface area contributed by atoms with E-state index in [1.807, 2.05) is 6.92 Å². The fraction of sp³-hybridized carbons (Fsp3) is 0.625. The Labute approximate surface area is 101 Å². The molecule has 16 heavy (non-hydrogen) atoms. The SMILES string of the molecule is C[C@@H]1CNCCN1S(=O)(=O)c1cnc[nH]1.Cl. The summed E-state index contributed by atoms with van der Waals surface area (Å²) >= 11 is 0. The van der Waals surface area contributed by atoms with Crippen LogP contribution in [0.5, 0.6) is 0 Å². The van der Waals surface area contributed by atoms with Crippen molar-refractivity contribution in [2.45, 2.75) is 18.0 Å². The molecular weight excluding hydrogens is 252 g/mol. The Bertz CT molecular complexity index is 419. The zero-order valence-corrected chi connectivity index (χ0v) is 10.5. The van der Waals surface area contributed by atoms with Crippen LogP contribution >= 0.6 is 12.4 Å². The molecule has 2 rings (SSSR count). The number of aromatic amines is 1. The van der Waals surface area contributed by atoms with Gasteiger partial charge in [-0.1, -0.05) is 0 Å². The zero-order chi connectivity index (χ0) is 10.9. The molecule has 1 fully saturated rings. The Morgan fingerprint density at radius 1 is 1.56 bits per heavy atom. The normalized spacial score (nSPS) is 22.7. The summed E-state index contributed by atoms with van der Waals surface area (Å²) in [7, 11) is -3.39. The van der Waals surface area contributed by atoms with E-state index in [0.717, 1.165) is 0 Å². The van der Waals surface area contributed by atoms with Crippen molar-refractivity contribution in [2.75, 3.05) is 19.6 Å². The first kappa shape index (κ1) is 13.4. The van der Waals surface area contributed by atoms with Crippen molar-refractivity contribution in [1.82, 2.24) is 19.6 Å². The van der Waals surface area contributed by atoms with Crippen LogP contribution in [-0.2, 0) is 10.0 Å². The average molecular weight is 267 g/mol. The van der Waals surface area contributed by atoms with Crippen LogP contribution in [0.25, 0.3) is 0 Å². The molecule has 1 aromatic heterocycles. The van der Waals surface area contributed by atoms with Crippen LogP contribution < -0.4 is 5.32 Å². The number of halogens is 1. The summed E-state index contributed by atoms with van der Waals surface area (Å²) in [6.45, 7) is 3.77. The highest BCUT2D eigenvalue weighted by atomic mass is 35.5. The molecule has 1 saturated heterocycles. The third-order valence-corrected chi connectivity index (χ3v) is 4.44. The molecule has 6 nitrogen and oxygen atoms in total. The maximum Gasteiger partial charge on any atom is 0.260 e. The number of H-pyrrole nitrogens is 1. The van der Waals surface area contributed by atoms with Crippen molar-refractivity contribution >= 4 is 22.4 Å². The fourth-order valence-corrected chi connectivity index (χ4v) is 3.22. The van der Waals surface area contributed by atoms with Gasteiger partial charge in [-0.3, -0.25) is 0 Å². The van der Waals surface area contributed by atoms with Crippen LogP contribution in [0.2, 0.25) is 0 Å². The summed E-state index contributed by atoms with van der Waals surface area (Å²) in [6.07, 6.45) is 2.71. The fourth-order valence-electron chi connectivity index (χ4n) is 1.69. The Morgan fingerprint density at radius 3 is 2.88 bits per heavy atom. The molecule has 1 atom stereocenters. The summed E-state index contributed by atoms with van der Waals surface area (Å²) < 4.78 is 25.7. The lowest BCUT2D eigenvalue weighted by Crippen LogP contribution is -2.52. The van der Waals surface area contributed by atoms with Crippen LogP contribution in [0.15, 0.2) is 17.6 Å². The van der Waals surface area contributed by atoms with Gasteiger partial charge >= 0.3 is 0 Å². The van der Waals surface area contributed by atoms with Crippen LogP contribution in [0.1, 0.15) is 6.92 Å². The third kappa shape index (κ3) is 2.37. The largest absolute Gasteiger partial charge is 0.335 e. The van der Waals surface area contributed by atoms with Gasteiger partial charge in [0.15, 0.2) is 5.03 Å². The molecule has 92 valence electrons. The minimum atomic E-state index is -3.39. The van der Waals surface area contributed by atoms with Crippen LogP contribution in [0.3, 0.4) is 0 Å². The average Bonchev–Trinajstić information content (AvgIpc) is 2.71. The molecule has 0 amide bonds. The quantitative estimate of drug-likeness (QED) is 0.778. The van der Waals surface area contributed by atoms with Gasteiger partial charge in [-0.05, 0) is 6.92 Å². The molecular formula is C8H15ClN4O2S. The highest BCUT2D eigenvalue weighted by molar-refractivity contribution is 7.89. The summed E-state index contributed by atoms with van der Waals surface area (Å²) in [5.41, 5.74) is 0. The predicted octanol–water partition coefficient (Wildman–Crippen LogP) is -0.186. The number of piperazine rings is 1. The van der Waals surface area contributed by atoms with E-state index in [1.54, 1.807) is 0 Å². The number of rotatable bonds is 2. The van der Waals surface area contributed by atoms with Gasteiger partial charge in [0.2, 0.25) is 0 Å². The summed E-state index contributed by atoms with van der Waals surface area (Å²) in [5, 5.41) is 3.31. The van der Waals surface area contributed by atoms with E-state index in [1.165, 1.54) is 16.8 Å². The number of hydrogen-bond acceptors (Lipinski definition) is 4. The zero-order valence-electron chi connectivity index (χ0n) is 8.88. The lowest BCUT2D eigenvalue weighted by molar-refractivity contribution is 0.283. The monoisotopic (exact) mass is 266 g/mol. The second kappa shape index (κ2) is 5.13. The molecule has 0 saturated carbocycles. The maximum absolute atomic E-state index is 12.1. The van der Waals surface area contributed by atoms with Gasteiger partial charge in [-0.15, -0.1) is 12.4 Å². The van der Waals surface area contributed by atoms with E-state index >= 15 is 0 Å². The Balaban J connectivity index is 0.00000128. The first-order valence-corrected chi connectivity index (χ1v) is 6.27. The van der Waals surface area contributed by atoms with Gasteiger partial charge in [0.25, 0.3) is 10.0 Å². The number of nitrogens with zero attached hydrogens (tertiary/aromatic N) is 2. The molecule has 8 heteroatoms. The van der Waals surface area contributed by atoms with Crippen molar-refractivity contribution in [3.63, 3.8) is 0 Å². The van der Waals surface area contributed by atoms with Crippen LogP contribution in [0.4, 0.5) is 0 Å². The molecule has 0 unspecified atom stereocenters. The number of nitrogens with one attached hydrogen (secondary N) is 2. The lowest BCUT2D eigenvalue weighted by Gasteiger charge is -2.32. The topological polar surface area (TPSA) is 78.1 Å². The standard InChI is InChI=1S/C8H14N4O2S.ClH/c1-7-4-9-2-3-12(7)15(13,14)8-5-10-6-11-8;/h5-7,9H,2-4H2,1H3,(H,10,11);1H/t7-;/m1./s1. The minimum Gasteiger partial charge on any atom is -0.335 e. The summed E-state index contributed by atoms with van der Waals surface area (Å²) in [5.74, 6) is 0. The van der Waals surface area contributed by atoms with Gasteiger partial charge in [0.05, 0.1) is 12.5 Å². The van der Waals surface area contributed by atoms with E-state index in [2.05, 4.69) is 15.3 Å². The van der Waals surface area contributed by atoms with Gasteiger partial charge in [-0.25, -0.2) is 13.4 Å². The highest BCUT2D eigenvalue weighted by Crippen LogP contribution is 2.16. The second-order valence-corrected chi connectivity index (χ2v) is 5.44. The molecule has 0 aromatic carbocycles. The van der Waals surface area contributed by atoms with E-state index < -0.39 is 10.0 Å². The van der Waals surface area contributed by atoms with Gasteiger partial charge in [0.1, 0.15) is 0 Å². The molecule has 0 spiro atoms. The highest BCUT2D eigenvalue weighted by Gasteiger charge is 2.31. The third-order valence-electron chi connectivity index (χ3n) is 2.50. The Hall–Kier alpha value is -0.630. The first-order chi connectivity index (χ1) is 7.12. The molecule has 0 radical (unpaired) electrons. The van der Waals surface area contributed by atoms with Gasteiger partial charge in [0, 0.05) is 25.7 Å². The number of aromatic nitrogens is 2. The van der Waals surface area contributed by atoms with Crippen molar-refractivity contribution < 1.29 is 8.42 Å². The van der Waals surface area contributed by atoms with Gasteiger partial charge < -0.3 is 10.3 Å². The lowest BCUT2D eigenvalue weighted by atomic mass is 10.3. The molecule has 0 aliphatic carbocycles. The molecule has 1 aliphatic rings. The van der Waals surface area contributed by atoms with Crippen LogP contribution in [-0.4, -0.2) is 48.4 Å². The van der Waals surface area contributed by atoms with Crippen molar-refractivity contribution in [1.29, 1.82) is 0 Å². The van der Waals surface area contributed by atoms with Crippen LogP contribution in [0, 0.1) is 0 Å². The summed E-state index contributed by atoms with van der Waals surface area (Å²) in [6, 6.07) is -0.0213.